The van der Waals surface area contributed by atoms with Crippen LogP contribution in [0.3, 0.4) is 0 Å². The standard InChI is InChI=1S/C26H32FN7O3/c1-18(2)9-14-29-26(36)24(19-10-12-28-13-11-19)33(16-22-4-3-15-37-22)23(35)17-34-31-25(30-32-34)20-5-7-21(27)8-6-20/h5-8,10-13,18,22,24H,3-4,9,14-17H2,1-2H3,(H,29,36)/t22-,24+/m1/s1. The number of nitrogens with one attached hydrogen (secondary N) is 1. The molecule has 2 aromatic heterocycles. The zero-order valence-electron chi connectivity index (χ0n) is 21.1. The summed E-state index contributed by atoms with van der Waals surface area (Å²) in [4.78, 5) is 33.9. The average molecular weight is 510 g/mol. The summed E-state index contributed by atoms with van der Waals surface area (Å²) in [5.74, 6) is -0.283. The van der Waals surface area contributed by atoms with Crippen LogP contribution in [0.15, 0.2) is 48.8 Å². The number of ether oxygens (including phenoxy) is 1. The van der Waals surface area contributed by atoms with Crippen LogP contribution in [0.5, 0.6) is 0 Å². The van der Waals surface area contributed by atoms with E-state index in [2.05, 4.69) is 39.6 Å². The summed E-state index contributed by atoms with van der Waals surface area (Å²) in [5.41, 5.74) is 1.23. The number of halogens is 1. The molecule has 1 fully saturated rings. The lowest BCUT2D eigenvalue weighted by Gasteiger charge is -2.33. The van der Waals surface area contributed by atoms with Gasteiger partial charge in [0.25, 0.3) is 0 Å². The Morgan fingerprint density at radius 2 is 1.95 bits per heavy atom. The fourth-order valence-corrected chi connectivity index (χ4v) is 4.19. The van der Waals surface area contributed by atoms with E-state index >= 15 is 0 Å². The normalized spacial score (nSPS) is 16.1. The van der Waals surface area contributed by atoms with E-state index in [1.165, 1.54) is 21.8 Å². The van der Waals surface area contributed by atoms with Crippen molar-refractivity contribution in [1.82, 2.24) is 35.4 Å². The van der Waals surface area contributed by atoms with Crippen LogP contribution in [-0.2, 0) is 20.9 Å². The molecule has 1 saturated heterocycles. The fourth-order valence-electron chi connectivity index (χ4n) is 4.19. The third kappa shape index (κ3) is 7.16. The van der Waals surface area contributed by atoms with Gasteiger partial charge in [0, 0.05) is 37.7 Å². The van der Waals surface area contributed by atoms with Gasteiger partial charge in [-0.3, -0.25) is 14.6 Å². The Bertz CT molecular complexity index is 1160. The van der Waals surface area contributed by atoms with Crippen LogP contribution in [-0.4, -0.2) is 67.7 Å². The van der Waals surface area contributed by atoms with Crippen molar-refractivity contribution in [2.45, 2.75) is 51.8 Å². The Morgan fingerprint density at radius 1 is 1.19 bits per heavy atom. The van der Waals surface area contributed by atoms with Crippen LogP contribution in [0.25, 0.3) is 11.4 Å². The third-order valence-electron chi connectivity index (χ3n) is 6.18. The number of rotatable bonds is 11. The van der Waals surface area contributed by atoms with Crippen LogP contribution in [0.1, 0.15) is 44.7 Å². The fraction of sp³-hybridized carbons (Fsp3) is 0.462. The second-order valence-electron chi connectivity index (χ2n) is 9.49. The van der Waals surface area contributed by atoms with Crippen molar-refractivity contribution in [2.75, 3.05) is 19.7 Å². The highest BCUT2D eigenvalue weighted by atomic mass is 19.1. The van der Waals surface area contributed by atoms with Crippen molar-refractivity contribution in [3.63, 3.8) is 0 Å². The van der Waals surface area contributed by atoms with Crippen molar-refractivity contribution in [3.05, 3.63) is 60.2 Å². The quantitative estimate of drug-likeness (QED) is 0.423. The Morgan fingerprint density at radius 3 is 2.62 bits per heavy atom. The minimum absolute atomic E-state index is 0.171. The van der Waals surface area contributed by atoms with Gasteiger partial charge in [-0.05, 0) is 72.4 Å². The molecule has 3 heterocycles. The van der Waals surface area contributed by atoms with Crippen LogP contribution < -0.4 is 5.32 Å². The van der Waals surface area contributed by atoms with Crippen LogP contribution >= 0.6 is 0 Å². The van der Waals surface area contributed by atoms with E-state index in [-0.39, 0.29) is 42.6 Å². The van der Waals surface area contributed by atoms with Crippen LogP contribution in [0.4, 0.5) is 4.39 Å². The largest absolute Gasteiger partial charge is 0.376 e. The number of aromatic nitrogens is 5. The number of pyridine rings is 1. The molecule has 4 rings (SSSR count). The minimum Gasteiger partial charge on any atom is -0.376 e. The molecule has 10 nitrogen and oxygen atoms in total. The molecule has 0 aliphatic carbocycles. The number of carbonyl (C=O) groups excluding carboxylic acids is 2. The van der Waals surface area contributed by atoms with Gasteiger partial charge in [0.1, 0.15) is 18.4 Å². The van der Waals surface area contributed by atoms with E-state index in [1.54, 1.807) is 36.7 Å². The number of benzene rings is 1. The van der Waals surface area contributed by atoms with Crippen molar-refractivity contribution in [1.29, 1.82) is 0 Å². The molecule has 0 saturated carbocycles. The average Bonchev–Trinajstić information content (AvgIpc) is 3.57. The Kier molecular flexibility index (Phi) is 8.89. The molecule has 3 aromatic rings. The number of amides is 2. The molecule has 0 bridgehead atoms. The summed E-state index contributed by atoms with van der Waals surface area (Å²) >= 11 is 0. The van der Waals surface area contributed by atoms with Gasteiger partial charge in [0.2, 0.25) is 17.6 Å². The van der Waals surface area contributed by atoms with E-state index < -0.39 is 6.04 Å². The maximum atomic E-state index is 13.7. The van der Waals surface area contributed by atoms with Gasteiger partial charge in [-0.25, -0.2) is 4.39 Å². The van der Waals surface area contributed by atoms with Crippen molar-refractivity contribution in [2.24, 2.45) is 5.92 Å². The molecule has 0 unspecified atom stereocenters. The van der Waals surface area contributed by atoms with E-state index in [1.807, 2.05) is 0 Å². The van der Waals surface area contributed by atoms with E-state index in [0.717, 1.165) is 19.3 Å². The molecule has 1 aromatic carbocycles. The van der Waals surface area contributed by atoms with Crippen molar-refractivity contribution < 1.29 is 18.7 Å². The number of nitrogens with zero attached hydrogens (tertiary/aromatic N) is 6. The second-order valence-corrected chi connectivity index (χ2v) is 9.49. The molecule has 0 spiro atoms. The lowest BCUT2D eigenvalue weighted by atomic mass is 10.0. The lowest BCUT2D eigenvalue weighted by Crippen LogP contribution is -2.48. The molecule has 1 N–H and O–H groups in total. The molecule has 2 atom stereocenters. The van der Waals surface area contributed by atoms with Gasteiger partial charge < -0.3 is 15.0 Å². The van der Waals surface area contributed by atoms with E-state index in [4.69, 9.17) is 4.74 Å². The maximum absolute atomic E-state index is 13.7. The third-order valence-corrected chi connectivity index (χ3v) is 6.18. The molecule has 1 aliphatic rings. The summed E-state index contributed by atoms with van der Waals surface area (Å²) in [6, 6.07) is 8.31. The van der Waals surface area contributed by atoms with Gasteiger partial charge in [0.05, 0.1) is 6.10 Å². The minimum atomic E-state index is -0.869. The van der Waals surface area contributed by atoms with E-state index in [9.17, 15) is 14.0 Å². The first-order valence-corrected chi connectivity index (χ1v) is 12.5. The Balaban J connectivity index is 1.58. The summed E-state index contributed by atoms with van der Waals surface area (Å²) in [7, 11) is 0. The molecule has 2 amide bonds. The first-order valence-electron chi connectivity index (χ1n) is 12.5. The summed E-state index contributed by atoms with van der Waals surface area (Å²) in [6.07, 6.45) is 5.56. The van der Waals surface area contributed by atoms with Gasteiger partial charge in [-0.1, -0.05) is 13.8 Å². The molecular weight excluding hydrogens is 477 g/mol. The van der Waals surface area contributed by atoms with E-state index in [0.29, 0.717) is 30.2 Å². The van der Waals surface area contributed by atoms with Gasteiger partial charge in [0.15, 0.2) is 0 Å². The summed E-state index contributed by atoms with van der Waals surface area (Å²) in [5, 5.41) is 15.3. The monoisotopic (exact) mass is 509 g/mol. The molecular formula is C26H32FN7O3. The smallest absolute Gasteiger partial charge is 0.247 e. The molecule has 1 aliphatic heterocycles. The maximum Gasteiger partial charge on any atom is 0.247 e. The highest BCUT2D eigenvalue weighted by molar-refractivity contribution is 5.88. The number of tetrazole rings is 1. The molecule has 11 heteroatoms. The predicted molar refractivity (Wildman–Crippen MR) is 133 cm³/mol. The summed E-state index contributed by atoms with van der Waals surface area (Å²) < 4.78 is 19.1. The van der Waals surface area contributed by atoms with Crippen molar-refractivity contribution in [3.8, 4) is 11.4 Å². The van der Waals surface area contributed by atoms with Crippen LogP contribution in [0.2, 0.25) is 0 Å². The summed E-state index contributed by atoms with van der Waals surface area (Å²) in [6.45, 7) is 5.34. The second kappa shape index (κ2) is 12.5. The Labute approximate surface area is 215 Å². The predicted octanol–water partition coefficient (Wildman–Crippen LogP) is 2.79. The number of hydrogen-bond donors (Lipinski definition) is 1. The van der Waals surface area contributed by atoms with Gasteiger partial charge >= 0.3 is 0 Å². The highest BCUT2D eigenvalue weighted by Gasteiger charge is 2.34. The van der Waals surface area contributed by atoms with Crippen LogP contribution in [0, 0.1) is 11.7 Å². The van der Waals surface area contributed by atoms with Gasteiger partial charge in [-0.15, -0.1) is 10.2 Å². The lowest BCUT2D eigenvalue weighted by molar-refractivity contribution is -0.143. The molecule has 0 radical (unpaired) electrons. The Hall–Kier alpha value is -3.73. The topological polar surface area (TPSA) is 115 Å². The highest BCUT2D eigenvalue weighted by Crippen LogP contribution is 2.25. The van der Waals surface area contributed by atoms with Crippen molar-refractivity contribution >= 4 is 11.8 Å². The number of hydrogen-bond acceptors (Lipinski definition) is 7. The molecule has 37 heavy (non-hydrogen) atoms. The number of carbonyl (C=O) groups is 2. The first kappa shape index (κ1) is 26.3. The zero-order valence-corrected chi connectivity index (χ0v) is 21.1. The van der Waals surface area contributed by atoms with Gasteiger partial charge in [-0.2, -0.15) is 4.80 Å². The molecule has 196 valence electrons. The first-order chi connectivity index (χ1) is 17.9. The SMILES string of the molecule is CC(C)CCNC(=O)[C@H](c1ccncc1)N(C[C@H]1CCCO1)C(=O)Cn1nnc(-c2ccc(F)cc2)n1. The zero-order chi connectivity index (χ0) is 26.2.